The van der Waals surface area contributed by atoms with Crippen LogP contribution in [-0.4, -0.2) is 37.2 Å². The second kappa shape index (κ2) is 6.56. The zero-order chi connectivity index (χ0) is 14.7. The fourth-order valence-electron chi connectivity index (χ4n) is 3.34. The first kappa shape index (κ1) is 14.5. The number of fused-ring (bicyclic) bond motifs is 1. The van der Waals surface area contributed by atoms with Gasteiger partial charge in [-0.15, -0.1) is 0 Å². The van der Waals surface area contributed by atoms with E-state index in [1.54, 1.807) is 0 Å². The Kier molecular flexibility index (Phi) is 4.54. The fraction of sp³-hybridized carbons (Fsp3) is 0.444. The fourth-order valence-corrected chi connectivity index (χ4v) is 3.34. The van der Waals surface area contributed by atoms with Crippen LogP contribution in [0.1, 0.15) is 24.9 Å². The van der Waals surface area contributed by atoms with E-state index in [1.165, 1.54) is 16.3 Å². The lowest BCUT2D eigenvalue weighted by atomic mass is 9.95. The molecule has 0 spiro atoms. The van der Waals surface area contributed by atoms with Gasteiger partial charge < -0.3 is 10.5 Å². The number of nitrogens with two attached hydrogens (primary N) is 1. The van der Waals surface area contributed by atoms with Crippen LogP contribution in [0.3, 0.4) is 0 Å². The summed E-state index contributed by atoms with van der Waals surface area (Å²) in [7, 11) is 0. The van der Waals surface area contributed by atoms with Crippen molar-refractivity contribution in [3.8, 4) is 0 Å². The molecule has 2 N–H and O–H groups in total. The number of benzene rings is 2. The van der Waals surface area contributed by atoms with Crippen molar-refractivity contribution in [2.24, 2.45) is 5.73 Å². The summed E-state index contributed by atoms with van der Waals surface area (Å²) in [5.41, 5.74) is 7.27. The summed E-state index contributed by atoms with van der Waals surface area (Å²) in [5, 5.41) is 2.57. The van der Waals surface area contributed by atoms with Crippen LogP contribution in [0, 0.1) is 0 Å². The summed E-state index contributed by atoms with van der Waals surface area (Å²) in [6, 6.07) is 15.5. The number of rotatable bonds is 4. The molecule has 0 amide bonds. The molecule has 3 rings (SSSR count). The summed E-state index contributed by atoms with van der Waals surface area (Å²) in [5.74, 6) is 0. The van der Waals surface area contributed by atoms with Gasteiger partial charge in [0.1, 0.15) is 0 Å². The zero-order valence-corrected chi connectivity index (χ0v) is 12.7. The van der Waals surface area contributed by atoms with E-state index in [2.05, 4.69) is 54.3 Å². The Morgan fingerprint density at radius 1 is 1.19 bits per heavy atom. The SMILES string of the molecule is CCCN1CCOC(CN)C1c1ccc2ccccc2c1. The molecular formula is C18H24N2O. The minimum Gasteiger partial charge on any atom is -0.374 e. The van der Waals surface area contributed by atoms with E-state index in [0.717, 1.165) is 26.1 Å². The average Bonchev–Trinajstić information content (AvgIpc) is 2.54. The Balaban J connectivity index is 1.98. The van der Waals surface area contributed by atoms with Crippen LogP contribution in [0.25, 0.3) is 10.8 Å². The Labute approximate surface area is 126 Å². The van der Waals surface area contributed by atoms with Crippen molar-refractivity contribution >= 4 is 10.8 Å². The van der Waals surface area contributed by atoms with Gasteiger partial charge in [0.2, 0.25) is 0 Å². The minimum absolute atomic E-state index is 0.0893. The Bertz CT molecular complexity index is 597. The predicted molar refractivity (Wildman–Crippen MR) is 87.3 cm³/mol. The second-order valence-corrected chi connectivity index (χ2v) is 5.73. The van der Waals surface area contributed by atoms with Gasteiger partial charge in [-0.05, 0) is 35.4 Å². The van der Waals surface area contributed by atoms with Crippen molar-refractivity contribution in [2.45, 2.75) is 25.5 Å². The molecule has 1 heterocycles. The highest BCUT2D eigenvalue weighted by Gasteiger charge is 2.32. The van der Waals surface area contributed by atoms with Crippen LogP contribution in [0.15, 0.2) is 42.5 Å². The molecule has 0 bridgehead atoms. The Hall–Kier alpha value is -1.42. The molecule has 3 nitrogen and oxygen atoms in total. The average molecular weight is 284 g/mol. The van der Waals surface area contributed by atoms with Gasteiger partial charge in [0.15, 0.2) is 0 Å². The number of hydrogen-bond donors (Lipinski definition) is 1. The van der Waals surface area contributed by atoms with Crippen LogP contribution in [0.4, 0.5) is 0 Å². The number of ether oxygens (including phenoxy) is 1. The maximum absolute atomic E-state index is 5.95. The highest BCUT2D eigenvalue weighted by atomic mass is 16.5. The molecule has 1 saturated heterocycles. The summed E-state index contributed by atoms with van der Waals surface area (Å²) in [6.07, 6.45) is 1.24. The van der Waals surface area contributed by atoms with E-state index >= 15 is 0 Å². The largest absolute Gasteiger partial charge is 0.374 e. The Morgan fingerprint density at radius 2 is 2.00 bits per heavy atom. The maximum Gasteiger partial charge on any atom is 0.0894 e. The molecule has 1 aliphatic rings. The van der Waals surface area contributed by atoms with Gasteiger partial charge in [-0.1, -0.05) is 43.3 Å². The summed E-state index contributed by atoms with van der Waals surface area (Å²) in [6.45, 7) is 5.66. The van der Waals surface area contributed by atoms with Crippen molar-refractivity contribution in [2.75, 3.05) is 26.2 Å². The van der Waals surface area contributed by atoms with E-state index in [0.29, 0.717) is 6.54 Å². The second-order valence-electron chi connectivity index (χ2n) is 5.73. The lowest BCUT2D eigenvalue weighted by molar-refractivity contribution is -0.0675. The monoisotopic (exact) mass is 284 g/mol. The quantitative estimate of drug-likeness (QED) is 0.938. The number of nitrogens with zero attached hydrogens (tertiary/aromatic N) is 1. The van der Waals surface area contributed by atoms with E-state index in [9.17, 15) is 0 Å². The van der Waals surface area contributed by atoms with Gasteiger partial charge in [0, 0.05) is 13.1 Å². The third-order valence-corrected chi connectivity index (χ3v) is 4.31. The molecule has 3 heteroatoms. The van der Waals surface area contributed by atoms with Crippen molar-refractivity contribution in [3.05, 3.63) is 48.0 Å². The molecule has 0 aliphatic carbocycles. The van der Waals surface area contributed by atoms with Crippen molar-refractivity contribution in [1.82, 2.24) is 4.90 Å². The third kappa shape index (κ3) is 2.95. The molecule has 112 valence electrons. The maximum atomic E-state index is 5.95. The third-order valence-electron chi connectivity index (χ3n) is 4.31. The summed E-state index contributed by atoms with van der Waals surface area (Å²) >= 11 is 0. The topological polar surface area (TPSA) is 38.5 Å². The van der Waals surface area contributed by atoms with Gasteiger partial charge in [0.25, 0.3) is 0 Å². The summed E-state index contributed by atoms with van der Waals surface area (Å²) in [4.78, 5) is 2.52. The molecule has 2 aromatic rings. The lowest BCUT2D eigenvalue weighted by Crippen LogP contribution is -2.48. The van der Waals surface area contributed by atoms with Crippen molar-refractivity contribution in [3.63, 3.8) is 0 Å². The van der Waals surface area contributed by atoms with Gasteiger partial charge >= 0.3 is 0 Å². The number of morpholine rings is 1. The predicted octanol–water partition coefficient (Wildman–Crippen LogP) is 2.95. The molecule has 0 saturated carbocycles. The molecule has 0 aromatic heterocycles. The molecule has 2 unspecified atom stereocenters. The van der Waals surface area contributed by atoms with E-state index in [-0.39, 0.29) is 12.1 Å². The van der Waals surface area contributed by atoms with Crippen LogP contribution in [0.5, 0.6) is 0 Å². The first-order valence-electron chi connectivity index (χ1n) is 7.88. The molecule has 1 fully saturated rings. The van der Waals surface area contributed by atoms with Crippen LogP contribution in [0.2, 0.25) is 0 Å². The van der Waals surface area contributed by atoms with Crippen molar-refractivity contribution in [1.29, 1.82) is 0 Å². The molecule has 2 atom stereocenters. The van der Waals surface area contributed by atoms with Gasteiger partial charge in [-0.25, -0.2) is 0 Å². The lowest BCUT2D eigenvalue weighted by Gasteiger charge is -2.41. The Morgan fingerprint density at radius 3 is 2.76 bits per heavy atom. The molecule has 0 radical (unpaired) electrons. The van der Waals surface area contributed by atoms with Crippen LogP contribution in [-0.2, 0) is 4.74 Å². The van der Waals surface area contributed by atoms with E-state index < -0.39 is 0 Å². The normalized spacial score (nSPS) is 23.5. The zero-order valence-electron chi connectivity index (χ0n) is 12.7. The first-order chi connectivity index (χ1) is 10.3. The standard InChI is InChI=1S/C18H24N2O/c1-2-9-20-10-11-21-17(13-19)18(20)16-8-7-14-5-3-4-6-15(14)12-16/h3-8,12,17-18H,2,9-11,13,19H2,1H3. The van der Waals surface area contributed by atoms with Crippen LogP contribution >= 0.6 is 0 Å². The highest BCUT2D eigenvalue weighted by molar-refractivity contribution is 5.83. The highest BCUT2D eigenvalue weighted by Crippen LogP contribution is 2.31. The van der Waals surface area contributed by atoms with Crippen LogP contribution < -0.4 is 5.73 Å². The molecular weight excluding hydrogens is 260 g/mol. The molecule has 21 heavy (non-hydrogen) atoms. The van der Waals surface area contributed by atoms with E-state index in [4.69, 9.17) is 10.5 Å². The minimum atomic E-state index is 0.0893. The molecule has 2 aromatic carbocycles. The van der Waals surface area contributed by atoms with Gasteiger partial charge in [-0.3, -0.25) is 4.90 Å². The van der Waals surface area contributed by atoms with E-state index in [1.807, 2.05) is 0 Å². The van der Waals surface area contributed by atoms with Gasteiger partial charge in [0.05, 0.1) is 18.8 Å². The first-order valence-corrected chi connectivity index (χ1v) is 7.88. The van der Waals surface area contributed by atoms with Gasteiger partial charge in [-0.2, -0.15) is 0 Å². The summed E-state index contributed by atoms with van der Waals surface area (Å²) < 4.78 is 5.92. The smallest absolute Gasteiger partial charge is 0.0894 e. The molecule has 1 aliphatic heterocycles. The number of hydrogen-bond acceptors (Lipinski definition) is 3. The van der Waals surface area contributed by atoms with Crippen molar-refractivity contribution < 1.29 is 4.74 Å².